The van der Waals surface area contributed by atoms with Crippen LogP contribution in [0, 0.1) is 0 Å². The van der Waals surface area contributed by atoms with E-state index in [2.05, 4.69) is 0 Å². The molecule has 0 aliphatic rings. The molecule has 0 heterocycles. The number of phenolic OH excluding ortho intramolecular Hbond substituents is 1. The topological polar surface area (TPSA) is 57.5 Å². The number of phenols is 1. The molecule has 0 fully saturated rings. The molecular formula is C15H10Cl2O3. The van der Waals surface area contributed by atoms with Crippen LogP contribution >= 0.6 is 23.2 Å². The molecule has 0 aliphatic heterocycles. The number of carboxylic acid groups (broad SMARTS) is 1. The van der Waals surface area contributed by atoms with E-state index < -0.39 is 5.97 Å². The number of rotatable bonds is 3. The Morgan fingerprint density at radius 2 is 1.80 bits per heavy atom. The van der Waals surface area contributed by atoms with Crippen molar-refractivity contribution in [3.63, 3.8) is 0 Å². The normalized spacial score (nSPS) is 11.4. The lowest BCUT2D eigenvalue weighted by atomic mass is 10.0. The van der Waals surface area contributed by atoms with Gasteiger partial charge in [0.25, 0.3) is 0 Å². The first kappa shape index (κ1) is 14.4. The van der Waals surface area contributed by atoms with Crippen molar-refractivity contribution in [2.75, 3.05) is 0 Å². The molecule has 2 N–H and O–H groups in total. The highest BCUT2D eigenvalue weighted by Crippen LogP contribution is 2.27. The second-order valence-corrected chi connectivity index (χ2v) is 4.90. The molecule has 0 bridgehead atoms. The van der Waals surface area contributed by atoms with Crippen LogP contribution in [0.5, 0.6) is 5.75 Å². The van der Waals surface area contributed by atoms with Crippen molar-refractivity contribution in [1.82, 2.24) is 0 Å². The summed E-state index contributed by atoms with van der Waals surface area (Å²) in [5.41, 5.74) is 1.08. The molecular weight excluding hydrogens is 299 g/mol. The van der Waals surface area contributed by atoms with Gasteiger partial charge in [-0.15, -0.1) is 0 Å². The van der Waals surface area contributed by atoms with Gasteiger partial charge in [0.05, 0.1) is 15.6 Å². The number of benzene rings is 2. The lowest BCUT2D eigenvalue weighted by molar-refractivity contribution is -0.130. The number of hydrogen-bond donors (Lipinski definition) is 2. The van der Waals surface area contributed by atoms with E-state index in [1.807, 2.05) is 0 Å². The van der Waals surface area contributed by atoms with E-state index in [1.165, 1.54) is 24.3 Å². The fourth-order valence-corrected chi connectivity index (χ4v) is 2.01. The van der Waals surface area contributed by atoms with E-state index in [4.69, 9.17) is 23.2 Å². The van der Waals surface area contributed by atoms with Gasteiger partial charge in [-0.05, 0) is 41.5 Å². The zero-order chi connectivity index (χ0) is 14.7. The predicted octanol–water partition coefficient (Wildman–Crippen LogP) is 4.32. The van der Waals surface area contributed by atoms with Gasteiger partial charge in [0.15, 0.2) is 0 Å². The Balaban J connectivity index is 2.51. The second-order valence-electron chi connectivity index (χ2n) is 4.09. The molecule has 0 atom stereocenters. The SMILES string of the molecule is O=C(O)/C(=C\c1cccc(O)c1)c1ccc(Cl)c(Cl)c1. The van der Waals surface area contributed by atoms with Gasteiger partial charge in [0, 0.05) is 0 Å². The van der Waals surface area contributed by atoms with Crippen LogP contribution < -0.4 is 0 Å². The van der Waals surface area contributed by atoms with Crippen LogP contribution in [0.15, 0.2) is 42.5 Å². The molecule has 102 valence electrons. The minimum Gasteiger partial charge on any atom is -0.508 e. The van der Waals surface area contributed by atoms with Crippen LogP contribution in [0.25, 0.3) is 11.6 Å². The summed E-state index contributed by atoms with van der Waals surface area (Å²) in [7, 11) is 0. The first-order valence-corrected chi connectivity index (χ1v) is 6.42. The number of carbonyl (C=O) groups is 1. The smallest absolute Gasteiger partial charge is 0.336 e. The van der Waals surface area contributed by atoms with Gasteiger partial charge in [-0.1, -0.05) is 41.4 Å². The second kappa shape index (κ2) is 5.99. The predicted molar refractivity (Wildman–Crippen MR) is 80.1 cm³/mol. The first-order valence-electron chi connectivity index (χ1n) is 5.67. The Morgan fingerprint density at radius 1 is 1.05 bits per heavy atom. The maximum atomic E-state index is 11.4. The van der Waals surface area contributed by atoms with Gasteiger partial charge in [-0.2, -0.15) is 0 Å². The first-order chi connectivity index (χ1) is 9.47. The molecule has 0 aromatic heterocycles. The van der Waals surface area contributed by atoms with E-state index in [1.54, 1.807) is 24.3 Å². The van der Waals surface area contributed by atoms with Crippen molar-refractivity contribution >= 4 is 40.8 Å². The van der Waals surface area contributed by atoms with Gasteiger partial charge in [-0.25, -0.2) is 4.79 Å². The third-order valence-electron chi connectivity index (χ3n) is 2.64. The van der Waals surface area contributed by atoms with Gasteiger partial charge in [0.1, 0.15) is 5.75 Å². The van der Waals surface area contributed by atoms with Crippen LogP contribution in [-0.2, 0) is 4.79 Å². The van der Waals surface area contributed by atoms with Crippen LogP contribution in [0.1, 0.15) is 11.1 Å². The summed E-state index contributed by atoms with van der Waals surface area (Å²) in [4.78, 5) is 11.4. The van der Waals surface area contributed by atoms with Gasteiger partial charge in [-0.3, -0.25) is 0 Å². The monoisotopic (exact) mass is 308 g/mol. The highest BCUT2D eigenvalue weighted by Gasteiger charge is 2.12. The summed E-state index contributed by atoms with van der Waals surface area (Å²) in [6.07, 6.45) is 1.46. The Hall–Kier alpha value is -1.97. The Bertz CT molecular complexity index is 693. The van der Waals surface area contributed by atoms with Crippen molar-refractivity contribution < 1.29 is 15.0 Å². The quantitative estimate of drug-likeness (QED) is 0.655. The van der Waals surface area contributed by atoms with Gasteiger partial charge < -0.3 is 10.2 Å². The van der Waals surface area contributed by atoms with E-state index in [0.717, 1.165) is 0 Å². The van der Waals surface area contributed by atoms with Crippen molar-refractivity contribution in [3.05, 3.63) is 63.6 Å². The maximum absolute atomic E-state index is 11.4. The minimum absolute atomic E-state index is 0.0640. The van der Waals surface area contributed by atoms with Crippen LogP contribution in [0.3, 0.4) is 0 Å². The zero-order valence-electron chi connectivity index (χ0n) is 10.2. The fourth-order valence-electron chi connectivity index (χ4n) is 1.71. The number of halogens is 2. The van der Waals surface area contributed by atoms with Crippen molar-refractivity contribution in [3.8, 4) is 5.75 Å². The van der Waals surface area contributed by atoms with E-state index in [-0.39, 0.29) is 16.3 Å². The van der Waals surface area contributed by atoms with Crippen LogP contribution in [-0.4, -0.2) is 16.2 Å². The Kier molecular flexibility index (Phi) is 4.32. The Labute approximate surface area is 125 Å². The molecule has 0 unspecified atom stereocenters. The van der Waals surface area contributed by atoms with Crippen LogP contribution in [0.2, 0.25) is 10.0 Å². The van der Waals surface area contributed by atoms with Crippen molar-refractivity contribution in [2.45, 2.75) is 0 Å². The van der Waals surface area contributed by atoms with E-state index in [0.29, 0.717) is 16.1 Å². The van der Waals surface area contributed by atoms with Gasteiger partial charge >= 0.3 is 5.97 Å². The molecule has 0 aliphatic carbocycles. The molecule has 0 radical (unpaired) electrons. The molecule has 20 heavy (non-hydrogen) atoms. The number of carboxylic acids is 1. The van der Waals surface area contributed by atoms with Crippen molar-refractivity contribution in [2.24, 2.45) is 0 Å². The zero-order valence-corrected chi connectivity index (χ0v) is 11.7. The highest BCUT2D eigenvalue weighted by molar-refractivity contribution is 6.42. The summed E-state index contributed by atoms with van der Waals surface area (Å²) in [6.45, 7) is 0. The summed E-state index contributed by atoms with van der Waals surface area (Å²) >= 11 is 11.7. The molecule has 3 nitrogen and oxygen atoms in total. The molecule has 2 aromatic rings. The average Bonchev–Trinajstić information content (AvgIpc) is 2.39. The maximum Gasteiger partial charge on any atom is 0.336 e. The lowest BCUT2D eigenvalue weighted by Gasteiger charge is -2.05. The summed E-state index contributed by atoms with van der Waals surface area (Å²) in [6, 6.07) is 10.9. The third kappa shape index (κ3) is 3.32. The van der Waals surface area contributed by atoms with E-state index >= 15 is 0 Å². The highest BCUT2D eigenvalue weighted by atomic mass is 35.5. The molecule has 2 rings (SSSR count). The number of aromatic hydroxyl groups is 1. The van der Waals surface area contributed by atoms with Crippen LogP contribution in [0.4, 0.5) is 0 Å². The fraction of sp³-hybridized carbons (Fsp3) is 0. The Morgan fingerprint density at radius 3 is 2.40 bits per heavy atom. The largest absolute Gasteiger partial charge is 0.508 e. The molecule has 0 amide bonds. The van der Waals surface area contributed by atoms with Crippen molar-refractivity contribution in [1.29, 1.82) is 0 Å². The third-order valence-corrected chi connectivity index (χ3v) is 3.38. The summed E-state index contributed by atoms with van der Waals surface area (Å²) in [5, 5.41) is 19.4. The lowest BCUT2D eigenvalue weighted by Crippen LogP contribution is -1.99. The summed E-state index contributed by atoms with van der Waals surface area (Å²) < 4.78 is 0. The molecule has 0 saturated carbocycles. The number of hydrogen-bond acceptors (Lipinski definition) is 2. The van der Waals surface area contributed by atoms with E-state index in [9.17, 15) is 15.0 Å². The minimum atomic E-state index is -1.09. The summed E-state index contributed by atoms with van der Waals surface area (Å²) in [5.74, 6) is -1.02. The van der Waals surface area contributed by atoms with Gasteiger partial charge in [0.2, 0.25) is 0 Å². The molecule has 2 aromatic carbocycles. The molecule has 0 saturated heterocycles. The molecule has 0 spiro atoms. The molecule has 5 heteroatoms. The number of aliphatic carboxylic acids is 1. The average molecular weight is 309 g/mol. The standard InChI is InChI=1S/C15H10Cl2O3/c16-13-5-4-10(8-14(13)17)12(15(19)20)7-9-2-1-3-11(18)6-9/h1-8,18H,(H,19,20)/b12-7-.